The molecule has 1 saturated carbocycles. The van der Waals surface area contributed by atoms with Crippen molar-refractivity contribution in [1.82, 2.24) is 10.6 Å². The third kappa shape index (κ3) is 4.49. The largest absolute Gasteiger partial charge is 0.312 e. The summed E-state index contributed by atoms with van der Waals surface area (Å²) < 4.78 is 0. The molecule has 0 aromatic heterocycles. The molecular weight excluding hydrogens is 208 g/mol. The summed E-state index contributed by atoms with van der Waals surface area (Å²) in [6.45, 7) is 8.62. The van der Waals surface area contributed by atoms with Gasteiger partial charge in [0.15, 0.2) is 0 Å². The Morgan fingerprint density at radius 3 is 2.41 bits per heavy atom. The van der Waals surface area contributed by atoms with Crippen LogP contribution in [0.25, 0.3) is 0 Å². The van der Waals surface area contributed by atoms with Crippen molar-refractivity contribution >= 4 is 0 Å². The van der Waals surface area contributed by atoms with E-state index >= 15 is 0 Å². The first-order valence-electron chi connectivity index (χ1n) is 6.67. The molecule has 2 heteroatoms. The van der Waals surface area contributed by atoms with E-state index in [-0.39, 0.29) is 0 Å². The molecule has 1 unspecified atom stereocenters. The van der Waals surface area contributed by atoms with Crippen LogP contribution in [0.2, 0.25) is 0 Å². The topological polar surface area (TPSA) is 24.1 Å². The van der Waals surface area contributed by atoms with Crippen LogP contribution in [0.15, 0.2) is 18.2 Å². The summed E-state index contributed by atoms with van der Waals surface area (Å²) in [4.78, 5) is 0. The fourth-order valence-corrected chi connectivity index (χ4v) is 2.17. The van der Waals surface area contributed by atoms with Crippen LogP contribution in [0.5, 0.6) is 0 Å². The number of rotatable bonds is 6. The van der Waals surface area contributed by atoms with Gasteiger partial charge in [0.25, 0.3) is 0 Å². The molecule has 0 spiro atoms. The highest BCUT2D eigenvalue weighted by Crippen LogP contribution is 2.18. The summed E-state index contributed by atoms with van der Waals surface area (Å²) in [5, 5.41) is 7.13. The lowest BCUT2D eigenvalue weighted by Gasteiger charge is -2.15. The van der Waals surface area contributed by atoms with Crippen molar-refractivity contribution in [3.05, 3.63) is 34.9 Å². The van der Waals surface area contributed by atoms with Crippen LogP contribution < -0.4 is 10.6 Å². The maximum atomic E-state index is 3.57. The smallest absolute Gasteiger partial charge is 0.0208 e. The van der Waals surface area contributed by atoms with Crippen molar-refractivity contribution < 1.29 is 0 Å². The molecule has 2 rings (SSSR count). The van der Waals surface area contributed by atoms with Gasteiger partial charge in [-0.2, -0.15) is 0 Å². The Morgan fingerprint density at radius 2 is 1.82 bits per heavy atom. The van der Waals surface area contributed by atoms with Gasteiger partial charge < -0.3 is 10.6 Å². The van der Waals surface area contributed by atoms with Crippen molar-refractivity contribution in [1.29, 1.82) is 0 Å². The van der Waals surface area contributed by atoms with Crippen LogP contribution in [-0.4, -0.2) is 18.6 Å². The Balaban J connectivity index is 1.75. The van der Waals surface area contributed by atoms with E-state index in [4.69, 9.17) is 0 Å². The Morgan fingerprint density at radius 1 is 1.18 bits per heavy atom. The Bertz CT molecular complexity index is 349. The molecule has 0 saturated heterocycles. The quantitative estimate of drug-likeness (QED) is 0.787. The maximum absolute atomic E-state index is 3.57. The molecule has 94 valence electrons. The standard InChI is InChI=1S/C15H24N2/c1-11-6-12(2)8-14(7-11)10-16-13(3)9-17-15-4-5-15/h6-8,13,15-17H,4-5,9-10H2,1-3H3. The monoisotopic (exact) mass is 232 g/mol. The first kappa shape index (κ1) is 12.6. The van der Waals surface area contributed by atoms with Gasteiger partial charge >= 0.3 is 0 Å². The molecule has 0 bridgehead atoms. The predicted molar refractivity (Wildman–Crippen MR) is 73.2 cm³/mol. The van der Waals surface area contributed by atoms with Gasteiger partial charge in [-0.1, -0.05) is 29.3 Å². The fraction of sp³-hybridized carbons (Fsp3) is 0.600. The minimum atomic E-state index is 0.538. The van der Waals surface area contributed by atoms with Gasteiger partial charge in [0.1, 0.15) is 0 Å². The highest BCUT2D eigenvalue weighted by molar-refractivity contribution is 5.28. The number of benzene rings is 1. The Labute approximate surface area is 105 Å². The normalized spacial score (nSPS) is 17.1. The summed E-state index contributed by atoms with van der Waals surface area (Å²) in [6, 6.07) is 8.10. The predicted octanol–water partition coefficient (Wildman–Crippen LogP) is 2.53. The van der Waals surface area contributed by atoms with Crippen molar-refractivity contribution in [2.24, 2.45) is 0 Å². The average molecular weight is 232 g/mol. The summed E-state index contributed by atoms with van der Waals surface area (Å²) in [5.74, 6) is 0. The van der Waals surface area contributed by atoms with Crippen LogP contribution in [-0.2, 0) is 6.54 Å². The van der Waals surface area contributed by atoms with E-state index in [0.29, 0.717) is 6.04 Å². The highest BCUT2D eigenvalue weighted by Gasteiger charge is 2.20. The molecule has 0 aliphatic heterocycles. The summed E-state index contributed by atoms with van der Waals surface area (Å²) in [6.07, 6.45) is 2.73. The van der Waals surface area contributed by atoms with Crippen molar-refractivity contribution in [3.63, 3.8) is 0 Å². The van der Waals surface area contributed by atoms with Gasteiger partial charge in [-0.25, -0.2) is 0 Å². The summed E-state index contributed by atoms with van der Waals surface area (Å²) in [5.41, 5.74) is 4.09. The zero-order chi connectivity index (χ0) is 12.3. The van der Waals surface area contributed by atoms with E-state index in [9.17, 15) is 0 Å². The van der Waals surface area contributed by atoms with Gasteiger partial charge in [0.05, 0.1) is 0 Å². The molecule has 0 heterocycles. The first-order chi connectivity index (χ1) is 8.13. The highest BCUT2D eigenvalue weighted by atomic mass is 15.0. The van der Waals surface area contributed by atoms with E-state index in [1.54, 1.807) is 0 Å². The first-order valence-corrected chi connectivity index (χ1v) is 6.67. The second-order valence-corrected chi connectivity index (χ2v) is 5.46. The lowest BCUT2D eigenvalue weighted by molar-refractivity contribution is 0.500. The molecule has 2 nitrogen and oxygen atoms in total. The second kappa shape index (κ2) is 5.65. The molecule has 0 amide bonds. The van der Waals surface area contributed by atoms with Gasteiger partial charge in [0.2, 0.25) is 0 Å². The lowest BCUT2D eigenvalue weighted by atomic mass is 10.1. The van der Waals surface area contributed by atoms with Crippen LogP contribution in [0, 0.1) is 13.8 Å². The van der Waals surface area contributed by atoms with E-state index < -0.39 is 0 Å². The van der Waals surface area contributed by atoms with Crippen molar-refractivity contribution in [2.45, 2.75) is 52.2 Å². The zero-order valence-electron chi connectivity index (χ0n) is 11.2. The van der Waals surface area contributed by atoms with Gasteiger partial charge in [-0.3, -0.25) is 0 Å². The molecule has 1 aromatic rings. The molecule has 17 heavy (non-hydrogen) atoms. The minimum Gasteiger partial charge on any atom is -0.312 e. The van der Waals surface area contributed by atoms with Crippen LogP contribution in [0.1, 0.15) is 36.5 Å². The average Bonchev–Trinajstić information content (AvgIpc) is 3.06. The molecule has 2 N–H and O–H groups in total. The zero-order valence-corrected chi connectivity index (χ0v) is 11.2. The van der Waals surface area contributed by atoms with Crippen molar-refractivity contribution in [2.75, 3.05) is 6.54 Å². The fourth-order valence-electron chi connectivity index (χ4n) is 2.17. The number of nitrogens with one attached hydrogen (secondary N) is 2. The minimum absolute atomic E-state index is 0.538. The second-order valence-electron chi connectivity index (χ2n) is 5.46. The molecular formula is C15H24N2. The van der Waals surface area contributed by atoms with Crippen LogP contribution in [0.3, 0.4) is 0 Å². The molecule has 1 aromatic carbocycles. The molecule has 1 aliphatic carbocycles. The molecule has 1 atom stereocenters. The van der Waals surface area contributed by atoms with E-state index in [1.807, 2.05) is 0 Å². The molecule has 0 radical (unpaired) electrons. The van der Waals surface area contributed by atoms with E-state index in [0.717, 1.165) is 19.1 Å². The van der Waals surface area contributed by atoms with Crippen LogP contribution in [0.4, 0.5) is 0 Å². The SMILES string of the molecule is Cc1cc(C)cc(CNC(C)CNC2CC2)c1. The van der Waals surface area contributed by atoms with Crippen molar-refractivity contribution in [3.8, 4) is 0 Å². The third-order valence-electron chi connectivity index (χ3n) is 3.23. The maximum Gasteiger partial charge on any atom is 0.0208 e. The number of hydrogen-bond acceptors (Lipinski definition) is 2. The summed E-state index contributed by atoms with van der Waals surface area (Å²) in [7, 11) is 0. The van der Waals surface area contributed by atoms with Gasteiger partial charge in [-0.15, -0.1) is 0 Å². The van der Waals surface area contributed by atoms with E-state index in [1.165, 1.54) is 29.5 Å². The Hall–Kier alpha value is -0.860. The summed E-state index contributed by atoms with van der Waals surface area (Å²) >= 11 is 0. The van der Waals surface area contributed by atoms with Crippen LogP contribution >= 0.6 is 0 Å². The van der Waals surface area contributed by atoms with Gasteiger partial charge in [-0.05, 0) is 39.2 Å². The lowest BCUT2D eigenvalue weighted by Crippen LogP contribution is -2.36. The Kier molecular flexibility index (Phi) is 4.19. The van der Waals surface area contributed by atoms with E-state index in [2.05, 4.69) is 49.6 Å². The molecule has 1 fully saturated rings. The third-order valence-corrected chi connectivity index (χ3v) is 3.23. The number of hydrogen-bond donors (Lipinski definition) is 2. The van der Waals surface area contributed by atoms with Gasteiger partial charge in [0, 0.05) is 25.2 Å². The molecule has 1 aliphatic rings. The number of aryl methyl sites for hydroxylation is 2.